The first-order valence-electron chi connectivity index (χ1n) is 8.72. The summed E-state index contributed by atoms with van der Waals surface area (Å²) in [6.45, 7) is 0. The van der Waals surface area contributed by atoms with Gasteiger partial charge in [-0.15, -0.1) is 12.4 Å². The molecular formula is C21H27ClFNO. The lowest BCUT2D eigenvalue weighted by Crippen LogP contribution is -2.45. The van der Waals surface area contributed by atoms with E-state index in [9.17, 15) is 9.50 Å². The Morgan fingerprint density at radius 2 is 1.68 bits per heavy atom. The minimum atomic E-state index is -0.920. The molecule has 3 unspecified atom stereocenters. The third-order valence-corrected chi connectivity index (χ3v) is 5.36. The highest BCUT2D eigenvalue weighted by Crippen LogP contribution is 2.48. The second kappa shape index (κ2) is 8.31. The molecule has 4 heteroatoms. The number of nitrogens with zero attached hydrogens (tertiary/aromatic N) is 1. The van der Waals surface area contributed by atoms with Crippen molar-refractivity contribution in [1.29, 1.82) is 0 Å². The van der Waals surface area contributed by atoms with Gasteiger partial charge in [-0.3, -0.25) is 0 Å². The molecule has 2 aromatic rings. The zero-order chi connectivity index (χ0) is 17.2. The molecule has 136 valence electrons. The van der Waals surface area contributed by atoms with Crippen molar-refractivity contribution in [2.75, 3.05) is 14.1 Å². The van der Waals surface area contributed by atoms with E-state index in [4.69, 9.17) is 0 Å². The third-order valence-electron chi connectivity index (χ3n) is 5.36. The van der Waals surface area contributed by atoms with E-state index < -0.39 is 5.60 Å². The van der Waals surface area contributed by atoms with Crippen LogP contribution in [0.15, 0.2) is 54.6 Å². The van der Waals surface area contributed by atoms with Crippen molar-refractivity contribution in [2.24, 2.45) is 5.92 Å². The van der Waals surface area contributed by atoms with E-state index >= 15 is 0 Å². The zero-order valence-electron chi connectivity index (χ0n) is 14.9. The van der Waals surface area contributed by atoms with Crippen molar-refractivity contribution < 1.29 is 9.50 Å². The van der Waals surface area contributed by atoms with Crippen molar-refractivity contribution in [2.45, 2.75) is 37.3 Å². The molecule has 1 N–H and O–H groups in total. The highest BCUT2D eigenvalue weighted by Gasteiger charge is 2.45. The Balaban J connectivity index is 0.00000225. The van der Waals surface area contributed by atoms with Crippen LogP contribution in [0.3, 0.4) is 0 Å². The predicted molar refractivity (Wildman–Crippen MR) is 102 cm³/mol. The SMILES string of the molecule is CN(C)C(c1ccccc1)C1CCCCC1(O)c1ccc(F)cc1.Cl. The summed E-state index contributed by atoms with van der Waals surface area (Å²) in [7, 11) is 4.13. The fourth-order valence-corrected chi connectivity index (χ4v) is 4.24. The van der Waals surface area contributed by atoms with Gasteiger partial charge in [0.05, 0.1) is 5.60 Å². The number of rotatable bonds is 4. The second-order valence-electron chi connectivity index (χ2n) is 7.10. The van der Waals surface area contributed by atoms with Gasteiger partial charge < -0.3 is 10.0 Å². The van der Waals surface area contributed by atoms with Gasteiger partial charge in [0, 0.05) is 12.0 Å². The van der Waals surface area contributed by atoms with E-state index in [1.807, 2.05) is 18.2 Å². The summed E-state index contributed by atoms with van der Waals surface area (Å²) in [5, 5.41) is 11.6. The minimum absolute atomic E-state index is 0. The van der Waals surface area contributed by atoms with E-state index in [1.165, 1.54) is 17.7 Å². The Hall–Kier alpha value is -1.42. The quantitative estimate of drug-likeness (QED) is 0.832. The Labute approximate surface area is 156 Å². The van der Waals surface area contributed by atoms with Crippen molar-refractivity contribution in [3.8, 4) is 0 Å². The fraction of sp³-hybridized carbons (Fsp3) is 0.429. The summed E-state index contributed by atoms with van der Waals surface area (Å²) in [6, 6.07) is 16.9. The largest absolute Gasteiger partial charge is 0.385 e. The molecule has 0 heterocycles. The van der Waals surface area contributed by atoms with Gasteiger partial charge in [-0.25, -0.2) is 4.39 Å². The first kappa shape index (κ1) is 19.9. The highest BCUT2D eigenvalue weighted by atomic mass is 35.5. The van der Waals surface area contributed by atoms with E-state index in [0.717, 1.165) is 31.2 Å². The molecule has 25 heavy (non-hydrogen) atoms. The first-order chi connectivity index (χ1) is 11.5. The van der Waals surface area contributed by atoms with Crippen LogP contribution in [0.5, 0.6) is 0 Å². The number of benzene rings is 2. The molecule has 1 fully saturated rings. The Morgan fingerprint density at radius 3 is 2.28 bits per heavy atom. The predicted octanol–water partition coefficient (Wildman–Crippen LogP) is 4.93. The molecule has 0 spiro atoms. The molecule has 2 aromatic carbocycles. The topological polar surface area (TPSA) is 23.5 Å². The van der Waals surface area contributed by atoms with Crippen LogP contribution in [0.1, 0.15) is 42.9 Å². The van der Waals surface area contributed by atoms with Gasteiger partial charge in [0.25, 0.3) is 0 Å². The van der Waals surface area contributed by atoms with Gasteiger partial charge in [-0.2, -0.15) is 0 Å². The summed E-state index contributed by atoms with van der Waals surface area (Å²) in [5.41, 5.74) is 1.13. The first-order valence-corrected chi connectivity index (χ1v) is 8.72. The third kappa shape index (κ3) is 4.05. The van der Waals surface area contributed by atoms with Gasteiger partial charge >= 0.3 is 0 Å². The van der Waals surface area contributed by atoms with Crippen LogP contribution in [0.25, 0.3) is 0 Å². The highest BCUT2D eigenvalue weighted by molar-refractivity contribution is 5.85. The average Bonchev–Trinajstić information content (AvgIpc) is 2.58. The Kier molecular flexibility index (Phi) is 6.61. The molecule has 0 aromatic heterocycles. The average molecular weight is 364 g/mol. The molecule has 1 aliphatic rings. The molecule has 2 nitrogen and oxygen atoms in total. The van der Waals surface area contributed by atoms with Gasteiger partial charge in [-0.05, 0) is 50.2 Å². The van der Waals surface area contributed by atoms with Crippen LogP contribution >= 0.6 is 12.4 Å². The monoisotopic (exact) mass is 363 g/mol. The Bertz CT molecular complexity index is 661. The molecule has 3 rings (SSSR count). The zero-order valence-corrected chi connectivity index (χ0v) is 15.7. The van der Waals surface area contributed by atoms with Gasteiger partial charge in [-0.1, -0.05) is 55.3 Å². The maximum absolute atomic E-state index is 13.3. The van der Waals surface area contributed by atoms with Crippen LogP contribution in [-0.4, -0.2) is 24.1 Å². The van der Waals surface area contributed by atoms with Crippen LogP contribution in [0, 0.1) is 11.7 Å². The van der Waals surface area contributed by atoms with Crippen LogP contribution in [0.2, 0.25) is 0 Å². The standard InChI is InChI=1S/C21H26FNO.ClH/c1-23(2)20(16-8-4-3-5-9-16)19-10-6-7-15-21(19,24)17-11-13-18(22)14-12-17;/h3-5,8-9,11-14,19-20,24H,6-7,10,15H2,1-2H3;1H. The van der Waals surface area contributed by atoms with E-state index in [0.29, 0.717) is 0 Å². The number of hydrogen-bond donors (Lipinski definition) is 1. The van der Waals surface area contributed by atoms with E-state index in [2.05, 4.69) is 31.1 Å². The van der Waals surface area contributed by atoms with Crippen molar-refractivity contribution in [3.05, 3.63) is 71.5 Å². The number of hydrogen-bond acceptors (Lipinski definition) is 2. The summed E-state index contributed by atoms with van der Waals surface area (Å²) in [6.07, 6.45) is 3.80. The lowest BCUT2D eigenvalue weighted by atomic mass is 9.67. The fourth-order valence-electron chi connectivity index (χ4n) is 4.24. The summed E-state index contributed by atoms with van der Waals surface area (Å²) >= 11 is 0. The van der Waals surface area contributed by atoms with Crippen molar-refractivity contribution in [1.82, 2.24) is 4.90 Å². The molecule has 0 amide bonds. The van der Waals surface area contributed by atoms with Crippen molar-refractivity contribution in [3.63, 3.8) is 0 Å². The molecule has 0 aliphatic heterocycles. The van der Waals surface area contributed by atoms with E-state index in [1.54, 1.807) is 12.1 Å². The van der Waals surface area contributed by atoms with Crippen molar-refractivity contribution >= 4 is 12.4 Å². The van der Waals surface area contributed by atoms with Crippen LogP contribution in [-0.2, 0) is 5.60 Å². The molecule has 1 saturated carbocycles. The van der Waals surface area contributed by atoms with Crippen LogP contribution in [0.4, 0.5) is 4.39 Å². The Morgan fingerprint density at radius 1 is 1.04 bits per heavy atom. The molecule has 0 saturated heterocycles. The molecular weight excluding hydrogens is 337 g/mol. The van der Waals surface area contributed by atoms with E-state index in [-0.39, 0.29) is 30.2 Å². The summed E-state index contributed by atoms with van der Waals surface area (Å²) < 4.78 is 13.3. The maximum Gasteiger partial charge on any atom is 0.123 e. The van der Waals surface area contributed by atoms with Gasteiger partial charge in [0.1, 0.15) is 5.82 Å². The molecule has 3 atom stereocenters. The lowest BCUT2D eigenvalue weighted by molar-refractivity contribution is -0.0838. The van der Waals surface area contributed by atoms with Gasteiger partial charge in [0.15, 0.2) is 0 Å². The molecule has 0 bridgehead atoms. The summed E-state index contributed by atoms with van der Waals surface area (Å²) in [4.78, 5) is 2.19. The molecule has 0 radical (unpaired) electrons. The second-order valence-corrected chi connectivity index (χ2v) is 7.10. The normalized spacial score (nSPS) is 24.6. The minimum Gasteiger partial charge on any atom is -0.385 e. The number of aliphatic hydroxyl groups is 1. The smallest absolute Gasteiger partial charge is 0.123 e. The maximum atomic E-state index is 13.3. The lowest BCUT2D eigenvalue weighted by Gasteiger charge is -2.46. The van der Waals surface area contributed by atoms with Crippen LogP contribution < -0.4 is 0 Å². The van der Waals surface area contributed by atoms with Gasteiger partial charge in [0.2, 0.25) is 0 Å². The number of halogens is 2. The molecule has 1 aliphatic carbocycles. The summed E-state index contributed by atoms with van der Waals surface area (Å²) in [5.74, 6) is -0.184.